The van der Waals surface area contributed by atoms with Crippen LogP contribution in [0.1, 0.15) is 25.0 Å². The van der Waals surface area contributed by atoms with Crippen LogP contribution in [0.2, 0.25) is 0 Å². The molecule has 3 rings (SSSR count). The minimum absolute atomic E-state index is 0.0618. The van der Waals surface area contributed by atoms with Crippen LogP contribution < -0.4 is 15.0 Å². The van der Waals surface area contributed by atoms with Gasteiger partial charge in [0.05, 0.1) is 29.4 Å². The van der Waals surface area contributed by atoms with Crippen molar-refractivity contribution in [1.29, 1.82) is 5.26 Å². The first-order chi connectivity index (χ1) is 15.2. The van der Waals surface area contributed by atoms with Gasteiger partial charge in [-0.3, -0.25) is 4.98 Å². The molecule has 7 nitrogen and oxygen atoms in total. The number of piperazine rings is 1. The summed E-state index contributed by atoms with van der Waals surface area (Å²) in [5.74, 6) is 0.534. The number of nitriles is 1. The number of urea groups is 1. The maximum Gasteiger partial charge on any atom is 0.417 e. The van der Waals surface area contributed by atoms with E-state index in [-0.39, 0.29) is 25.2 Å². The lowest BCUT2D eigenvalue weighted by Crippen LogP contribution is -2.60. The van der Waals surface area contributed by atoms with Gasteiger partial charge in [0, 0.05) is 37.6 Å². The van der Waals surface area contributed by atoms with Crippen LogP contribution in [-0.2, 0) is 6.18 Å². The molecule has 2 aromatic rings. The molecule has 1 aliphatic rings. The highest BCUT2D eigenvalue weighted by Gasteiger charge is 2.36. The Balaban J connectivity index is 1.83. The Kier molecular flexibility index (Phi) is 7.08. The molecule has 1 aliphatic heterocycles. The molecule has 10 heteroatoms. The van der Waals surface area contributed by atoms with Gasteiger partial charge < -0.3 is 19.9 Å². The minimum atomic E-state index is -4.64. The number of anilines is 1. The van der Waals surface area contributed by atoms with Gasteiger partial charge in [-0.2, -0.15) is 18.4 Å². The summed E-state index contributed by atoms with van der Waals surface area (Å²) < 4.78 is 46.0. The van der Waals surface area contributed by atoms with E-state index in [1.54, 1.807) is 40.4 Å². The smallest absolute Gasteiger partial charge is 0.417 e. The Labute approximate surface area is 184 Å². The molecule has 32 heavy (non-hydrogen) atoms. The van der Waals surface area contributed by atoms with Gasteiger partial charge in [0.2, 0.25) is 0 Å². The number of benzene rings is 1. The van der Waals surface area contributed by atoms with Crippen LogP contribution in [0.3, 0.4) is 0 Å². The molecular formula is C22H24F3N5O2. The molecular weight excluding hydrogens is 423 g/mol. The SMILES string of the molecule is CC(C)NC(=O)N1CCN(c2ccc(C#N)c(C(F)(F)F)c2)CC1COc1cccnc1. The highest BCUT2D eigenvalue weighted by Crippen LogP contribution is 2.35. The van der Waals surface area contributed by atoms with E-state index in [1.807, 2.05) is 13.8 Å². The number of hydrogen-bond donors (Lipinski definition) is 1. The van der Waals surface area contributed by atoms with E-state index in [2.05, 4.69) is 10.3 Å². The number of aromatic nitrogens is 1. The van der Waals surface area contributed by atoms with Gasteiger partial charge in [-0.05, 0) is 44.2 Å². The molecule has 0 radical (unpaired) electrons. The number of ether oxygens (including phenoxy) is 1. The minimum Gasteiger partial charge on any atom is -0.490 e. The van der Waals surface area contributed by atoms with Gasteiger partial charge in [0.25, 0.3) is 0 Å². The Morgan fingerprint density at radius 1 is 1.34 bits per heavy atom. The predicted octanol–water partition coefficient (Wildman–Crippen LogP) is 3.66. The third kappa shape index (κ3) is 5.60. The average Bonchev–Trinajstić information content (AvgIpc) is 2.76. The van der Waals surface area contributed by atoms with Crippen LogP contribution in [0.15, 0.2) is 42.7 Å². The highest BCUT2D eigenvalue weighted by molar-refractivity contribution is 5.75. The number of carbonyl (C=O) groups is 1. The molecule has 1 N–H and O–H groups in total. The average molecular weight is 447 g/mol. The van der Waals surface area contributed by atoms with Crippen molar-refractivity contribution in [3.63, 3.8) is 0 Å². The normalized spacial score (nSPS) is 16.6. The summed E-state index contributed by atoms with van der Waals surface area (Å²) in [5, 5.41) is 11.9. The van der Waals surface area contributed by atoms with Crippen molar-refractivity contribution in [3.05, 3.63) is 53.9 Å². The standard InChI is InChI=1S/C22H24F3N5O2/c1-15(2)28-21(31)30-9-8-29(13-18(30)14-32-19-4-3-7-27-12-19)17-6-5-16(11-26)20(10-17)22(23,24)25/h3-7,10,12,15,18H,8-9,13-14H2,1-2H3,(H,28,31). The number of halogens is 3. The van der Waals surface area contributed by atoms with Crippen LogP contribution in [0.25, 0.3) is 0 Å². The third-order valence-corrected chi connectivity index (χ3v) is 5.03. The molecule has 0 bridgehead atoms. The Morgan fingerprint density at radius 2 is 2.12 bits per heavy atom. The maximum atomic E-state index is 13.4. The fourth-order valence-electron chi connectivity index (χ4n) is 3.52. The van der Waals surface area contributed by atoms with E-state index in [4.69, 9.17) is 10.00 Å². The number of nitrogens with zero attached hydrogens (tertiary/aromatic N) is 4. The first-order valence-corrected chi connectivity index (χ1v) is 10.1. The van der Waals surface area contributed by atoms with E-state index < -0.39 is 23.3 Å². The summed E-state index contributed by atoms with van der Waals surface area (Å²) >= 11 is 0. The van der Waals surface area contributed by atoms with E-state index in [1.165, 1.54) is 12.1 Å². The van der Waals surface area contributed by atoms with E-state index in [0.717, 1.165) is 6.07 Å². The van der Waals surface area contributed by atoms with Gasteiger partial charge >= 0.3 is 12.2 Å². The zero-order valence-electron chi connectivity index (χ0n) is 17.8. The molecule has 1 atom stereocenters. The number of alkyl halides is 3. The second kappa shape index (κ2) is 9.77. The maximum absolute atomic E-state index is 13.4. The number of nitrogens with one attached hydrogen (secondary N) is 1. The number of amides is 2. The van der Waals surface area contributed by atoms with Crippen molar-refractivity contribution in [1.82, 2.24) is 15.2 Å². The third-order valence-electron chi connectivity index (χ3n) is 5.03. The molecule has 0 aliphatic carbocycles. The second-order valence-electron chi connectivity index (χ2n) is 7.74. The number of pyridine rings is 1. The van der Waals surface area contributed by atoms with Crippen LogP contribution in [0.5, 0.6) is 5.75 Å². The van der Waals surface area contributed by atoms with Crippen molar-refractivity contribution in [3.8, 4) is 11.8 Å². The number of hydrogen-bond acceptors (Lipinski definition) is 5. The summed E-state index contributed by atoms with van der Waals surface area (Å²) in [7, 11) is 0. The lowest BCUT2D eigenvalue weighted by Gasteiger charge is -2.42. The quantitative estimate of drug-likeness (QED) is 0.757. The van der Waals surface area contributed by atoms with E-state index in [0.29, 0.717) is 24.5 Å². The Bertz CT molecular complexity index is 976. The predicted molar refractivity (Wildman–Crippen MR) is 112 cm³/mol. The lowest BCUT2D eigenvalue weighted by molar-refractivity contribution is -0.137. The zero-order valence-corrected chi connectivity index (χ0v) is 17.8. The Hall–Kier alpha value is -3.48. The summed E-state index contributed by atoms with van der Waals surface area (Å²) in [6.07, 6.45) is -1.47. The fourth-order valence-corrected chi connectivity index (χ4v) is 3.52. The van der Waals surface area contributed by atoms with Crippen molar-refractivity contribution >= 4 is 11.7 Å². The summed E-state index contributed by atoms with van der Waals surface area (Å²) in [4.78, 5) is 20.1. The summed E-state index contributed by atoms with van der Waals surface area (Å²) in [6.45, 7) is 4.78. The highest BCUT2D eigenvalue weighted by atomic mass is 19.4. The monoisotopic (exact) mass is 447 g/mol. The second-order valence-corrected chi connectivity index (χ2v) is 7.74. The molecule has 0 saturated carbocycles. The van der Waals surface area contributed by atoms with Crippen molar-refractivity contribution in [2.45, 2.75) is 32.1 Å². The fraction of sp³-hybridized carbons (Fsp3) is 0.409. The molecule has 0 spiro atoms. The molecule has 170 valence electrons. The number of rotatable bonds is 5. The lowest BCUT2D eigenvalue weighted by atomic mass is 10.1. The van der Waals surface area contributed by atoms with Crippen molar-refractivity contribution in [2.24, 2.45) is 0 Å². The largest absolute Gasteiger partial charge is 0.490 e. The molecule has 2 amide bonds. The van der Waals surface area contributed by atoms with Gasteiger partial charge in [-0.15, -0.1) is 0 Å². The molecule has 1 unspecified atom stereocenters. The van der Waals surface area contributed by atoms with Crippen molar-refractivity contribution < 1.29 is 22.7 Å². The van der Waals surface area contributed by atoms with Gasteiger partial charge in [-0.25, -0.2) is 4.79 Å². The van der Waals surface area contributed by atoms with Gasteiger partial charge in [0.15, 0.2) is 0 Å². The Morgan fingerprint density at radius 3 is 2.75 bits per heavy atom. The topological polar surface area (TPSA) is 81.5 Å². The first-order valence-electron chi connectivity index (χ1n) is 10.1. The van der Waals surface area contributed by atoms with E-state index in [9.17, 15) is 18.0 Å². The van der Waals surface area contributed by atoms with E-state index >= 15 is 0 Å². The van der Waals surface area contributed by atoms with Gasteiger partial charge in [-0.1, -0.05) is 0 Å². The molecule has 1 aromatic heterocycles. The van der Waals surface area contributed by atoms with Crippen LogP contribution in [-0.4, -0.2) is 54.2 Å². The number of carbonyl (C=O) groups excluding carboxylic acids is 1. The van der Waals surface area contributed by atoms with Crippen molar-refractivity contribution in [2.75, 3.05) is 31.1 Å². The van der Waals surface area contributed by atoms with Crippen LogP contribution in [0, 0.1) is 11.3 Å². The summed E-state index contributed by atoms with van der Waals surface area (Å²) in [5.41, 5.74) is -1.06. The first kappa shape index (κ1) is 23.2. The molecule has 1 aromatic carbocycles. The molecule has 1 saturated heterocycles. The molecule has 1 fully saturated rings. The molecule has 2 heterocycles. The van der Waals surface area contributed by atoms with Crippen LogP contribution >= 0.6 is 0 Å². The summed E-state index contributed by atoms with van der Waals surface area (Å²) in [6, 6.07) is 7.99. The van der Waals surface area contributed by atoms with Gasteiger partial charge in [0.1, 0.15) is 12.4 Å². The zero-order chi connectivity index (χ0) is 23.3. The van der Waals surface area contributed by atoms with Crippen LogP contribution in [0.4, 0.5) is 23.7 Å².